The Bertz CT molecular complexity index is 2270. The minimum atomic E-state index is -0.877. The van der Waals surface area contributed by atoms with E-state index in [1.807, 2.05) is 90.1 Å². The Morgan fingerprint density at radius 1 is 0.528 bits per heavy atom. The van der Waals surface area contributed by atoms with Crippen molar-refractivity contribution in [2.75, 3.05) is 63.2 Å². The van der Waals surface area contributed by atoms with Crippen molar-refractivity contribution < 1.29 is 28.8 Å². The summed E-state index contributed by atoms with van der Waals surface area (Å²) in [4.78, 5) is 93.0. The van der Waals surface area contributed by atoms with E-state index in [0.29, 0.717) is 13.1 Å². The lowest BCUT2D eigenvalue weighted by Gasteiger charge is -2.45. The molecule has 16 nitrogen and oxygen atoms in total. The highest BCUT2D eigenvalue weighted by Gasteiger charge is 2.45. The predicted molar refractivity (Wildman–Crippen MR) is 282 cm³/mol. The summed E-state index contributed by atoms with van der Waals surface area (Å²) in [6, 6.07) is 19.6. The van der Waals surface area contributed by atoms with Gasteiger partial charge in [-0.25, -0.2) is 0 Å². The molecule has 2 fully saturated rings. The number of rotatable bonds is 14. The molecule has 0 unspecified atom stereocenters. The van der Waals surface area contributed by atoms with E-state index in [9.17, 15) is 28.8 Å². The Kier molecular flexibility index (Phi) is 17.1. The summed E-state index contributed by atoms with van der Waals surface area (Å²) in [5.41, 5.74) is 5.08. The van der Waals surface area contributed by atoms with Crippen LogP contribution in [0.15, 0.2) is 72.8 Å². The van der Waals surface area contributed by atoms with Crippen LogP contribution in [0.1, 0.15) is 115 Å². The number of anilines is 2. The fourth-order valence-corrected chi connectivity index (χ4v) is 10.7. The first-order valence-electron chi connectivity index (χ1n) is 26.1. The maximum atomic E-state index is 14.8. The van der Waals surface area contributed by atoms with Gasteiger partial charge in [0.2, 0.25) is 35.4 Å². The summed E-state index contributed by atoms with van der Waals surface area (Å²) in [7, 11) is 3.40. The van der Waals surface area contributed by atoms with Gasteiger partial charge in [-0.3, -0.25) is 28.8 Å². The van der Waals surface area contributed by atoms with Crippen molar-refractivity contribution in [3.63, 3.8) is 0 Å². The van der Waals surface area contributed by atoms with E-state index in [4.69, 9.17) is 0 Å². The number of aryl methyl sites for hydroxylation is 2. The van der Waals surface area contributed by atoms with Gasteiger partial charge in [0.25, 0.3) is 0 Å². The highest BCUT2D eigenvalue weighted by molar-refractivity contribution is 5.95. The summed E-state index contributed by atoms with van der Waals surface area (Å²) < 4.78 is 0. The molecule has 2 heterocycles. The SMILES string of the molecule is CN[C@@H](C)C(=O)N[C@H](C(=O)N1CCN(c2ccc(N3CCN(C(=O)[C@@H](NC(=O)[C@H](C)NC)C(C)(C)C)[C@H](C(=O)N[C@@H]4CCCc5ccccc54)C3)cc2)C[C@H]1C(=O)N[C@@H]1CCCc2ccccc21)C(C)(C)C. The molecule has 0 aromatic heterocycles. The maximum absolute atomic E-state index is 14.8. The van der Waals surface area contributed by atoms with E-state index in [2.05, 4.69) is 66.0 Å². The van der Waals surface area contributed by atoms with Crippen molar-refractivity contribution in [2.45, 2.75) is 142 Å². The molecular weight excluding hydrogens is 909 g/mol. The third-order valence-corrected chi connectivity index (χ3v) is 15.3. The van der Waals surface area contributed by atoms with Gasteiger partial charge in [-0.1, -0.05) is 90.1 Å². The summed E-state index contributed by atoms with van der Waals surface area (Å²) in [5.74, 6) is -1.68. The monoisotopic (exact) mass is 989 g/mol. The van der Waals surface area contributed by atoms with Gasteiger partial charge in [0, 0.05) is 50.6 Å². The van der Waals surface area contributed by atoms with Crippen molar-refractivity contribution in [3.8, 4) is 0 Å². The first kappa shape index (κ1) is 53.8. The zero-order valence-electron chi connectivity index (χ0n) is 44.3. The van der Waals surface area contributed by atoms with E-state index in [1.165, 1.54) is 11.1 Å². The minimum Gasteiger partial charge on any atom is -0.367 e. The summed E-state index contributed by atoms with van der Waals surface area (Å²) in [5, 5.41) is 18.6. The van der Waals surface area contributed by atoms with Crippen LogP contribution in [0, 0.1) is 10.8 Å². The summed E-state index contributed by atoms with van der Waals surface area (Å²) >= 11 is 0. The molecule has 3 aromatic rings. The van der Waals surface area contributed by atoms with Gasteiger partial charge >= 0.3 is 0 Å². The van der Waals surface area contributed by atoms with E-state index < -0.39 is 47.1 Å². The Morgan fingerprint density at radius 2 is 0.889 bits per heavy atom. The molecule has 0 saturated carbocycles. The third-order valence-electron chi connectivity index (χ3n) is 15.3. The van der Waals surface area contributed by atoms with Gasteiger partial charge in [-0.05, 0) is 124 Å². The second-order valence-electron chi connectivity index (χ2n) is 22.4. The molecule has 7 rings (SSSR count). The van der Waals surface area contributed by atoms with Crippen molar-refractivity contribution in [1.29, 1.82) is 0 Å². The Labute approximate surface area is 427 Å². The molecule has 2 aliphatic heterocycles. The van der Waals surface area contributed by atoms with Gasteiger partial charge in [-0.2, -0.15) is 0 Å². The topological polar surface area (TPSA) is 188 Å². The average Bonchev–Trinajstić information content (AvgIpc) is 3.37. The molecule has 390 valence electrons. The first-order chi connectivity index (χ1) is 34.2. The van der Waals surface area contributed by atoms with Crippen LogP contribution in [0.25, 0.3) is 0 Å². The van der Waals surface area contributed by atoms with Gasteiger partial charge < -0.3 is 51.5 Å². The van der Waals surface area contributed by atoms with Crippen LogP contribution in [0.3, 0.4) is 0 Å². The molecule has 6 amide bonds. The van der Waals surface area contributed by atoms with Gasteiger partial charge in [0.15, 0.2) is 0 Å². The second-order valence-corrected chi connectivity index (χ2v) is 22.4. The molecule has 2 aliphatic carbocycles. The molecule has 3 aromatic carbocycles. The van der Waals surface area contributed by atoms with Crippen molar-refractivity contribution >= 4 is 46.8 Å². The lowest BCUT2D eigenvalue weighted by molar-refractivity contribution is -0.146. The number of fused-ring (bicyclic) bond motifs is 2. The van der Waals surface area contributed by atoms with E-state index in [0.717, 1.165) is 61.0 Å². The minimum absolute atomic E-state index is 0.191. The Balaban J connectivity index is 1.14. The maximum Gasteiger partial charge on any atom is 0.246 e. The van der Waals surface area contributed by atoms with E-state index >= 15 is 0 Å². The van der Waals surface area contributed by atoms with E-state index in [1.54, 1.807) is 37.7 Å². The molecule has 0 bridgehead atoms. The smallest absolute Gasteiger partial charge is 0.246 e. The fraction of sp³-hybridized carbons (Fsp3) is 0.571. The molecule has 8 atom stereocenters. The van der Waals surface area contributed by atoms with Crippen LogP contribution in [0.5, 0.6) is 0 Å². The number of benzene rings is 3. The molecular formula is C56H80N10O6. The van der Waals surface area contributed by atoms with Gasteiger partial charge in [0.1, 0.15) is 24.2 Å². The van der Waals surface area contributed by atoms with Crippen LogP contribution < -0.4 is 41.7 Å². The third kappa shape index (κ3) is 12.2. The van der Waals surface area contributed by atoms with Crippen LogP contribution in [-0.4, -0.2) is 135 Å². The van der Waals surface area contributed by atoms with Gasteiger partial charge in [0.05, 0.1) is 24.2 Å². The molecule has 16 heteroatoms. The predicted octanol–water partition coefficient (Wildman–Crippen LogP) is 4.39. The van der Waals surface area contributed by atoms with E-state index in [-0.39, 0.29) is 73.7 Å². The molecule has 6 N–H and O–H groups in total. The Morgan fingerprint density at radius 3 is 1.24 bits per heavy atom. The number of carbonyl (C=O) groups excluding carboxylic acids is 6. The number of hydrogen-bond donors (Lipinski definition) is 6. The highest BCUT2D eigenvalue weighted by atomic mass is 16.2. The summed E-state index contributed by atoms with van der Waals surface area (Å²) in [6.45, 7) is 16.9. The number of nitrogens with zero attached hydrogens (tertiary/aromatic N) is 4. The quantitative estimate of drug-likeness (QED) is 0.135. The van der Waals surface area contributed by atoms with Crippen molar-refractivity contribution in [2.24, 2.45) is 10.8 Å². The van der Waals surface area contributed by atoms with Crippen LogP contribution in [0.2, 0.25) is 0 Å². The lowest BCUT2D eigenvalue weighted by Crippen LogP contribution is -2.66. The number of carbonyl (C=O) groups is 6. The van der Waals surface area contributed by atoms with Crippen LogP contribution >= 0.6 is 0 Å². The van der Waals surface area contributed by atoms with Crippen molar-refractivity contribution in [1.82, 2.24) is 41.7 Å². The molecule has 0 radical (unpaired) electrons. The molecule has 2 saturated heterocycles. The average molecular weight is 989 g/mol. The molecule has 4 aliphatic rings. The van der Waals surface area contributed by atoms with Crippen molar-refractivity contribution in [3.05, 3.63) is 95.1 Å². The number of hydrogen-bond acceptors (Lipinski definition) is 10. The first-order valence-corrected chi connectivity index (χ1v) is 26.1. The number of piperazine rings is 2. The molecule has 0 spiro atoms. The number of amides is 6. The fourth-order valence-electron chi connectivity index (χ4n) is 10.7. The largest absolute Gasteiger partial charge is 0.367 e. The zero-order valence-corrected chi connectivity index (χ0v) is 44.3. The lowest BCUT2D eigenvalue weighted by atomic mass is 9.85. The van der Waals surface area contributed by atoms with Gasteiger partial charge in [-0.15, -0.1) is 0 Å². The zero-order chi connectivity index (χ0) is 52.1. The normalized spacial score (nSPS) is 22.0. The summed E-state index contributed by atoms with van der Waals surface area (Å²) in [6.07, 6.45) is 5.36. The van der Waals surface area contributed by atoms with Crippen LogP contribution in [-0.2, 0) is 41.6 Å². The number of likely N-dealkylation sites (N-methyl/N-ethyl adjacent to an activating group) is 2. The highest BCUT2D eigenvalue weighted by Crippen LogP contribution is 2.34. The van der Waals surface area contributed by atoms with Crippen LogP contribution in [0.4, 0.5) is 11.4 Å². The number of nitrogens with one attached hydrogen (secondary N) is 6. The Hall–Kier alpha value is -6.00. The molecule has 72 heavy (non-hydrogen) atoms. The second kappa shape index (κ2) is 22.8. The standard InChI is InChI=1S/C56H80N10O6/c1-35(57-9)49(67)61-47(55(3,4)5)53(71)65-31-29-63(33-45(65)51(69)59-43-23-15-19-37-17-11-13-21-41(37)43)39-25-27-40(28-26-39)64-30-32-66(54(72)48(56(6,7)8)62-50(68)36(2)58-10)46(34-64)52(70)60-44-24-16-20-38-18-12-14-22-42(38)44/h11-14,17-18,21-22,25-28,35-36,43-48,57-58H,15-16,19-20,23-24,29-34H2,1-10H3,(H,59,69)(H,60,70)(H,61,67)(H,62,68)/t35-,36-,43+,44+,45-,46-,47+,48+/m0/s1.